The van der Waals surface area contributed by atoms with Crippen LogP contribution in [0.2, 0.25) is 0 Å². The van der Waals surface area contributed by atoms with Crippen LogP contribution in [0.15, 0.2) is 16.7 Å². The van der Waals surface area contributed by atoms with Gasteiger partial charge in [-0.25, -0.2) is 0 Å². The molecule has 0 radical (unpaired) electrons. The Bertz CT molecular complexity index is 531. The Balaban J connectivity index is 1.66. The Morgan fingerprint density at radius 3 is 2.86 bits per heavy atom. The Kier molecular flexibility index (Phi) is 4.38. The summed E-state index contributed by atoms with van der Waals surface area (Å²) in [5, 5.41) is 12.9. The molecular formula is C15H22BrN3O2. The van der Waals surface area contributed by atoms with E-state index in [9.17, 15) is 9.90 Å². The van der Waals surface area contributed by atoms with E-state index in [2.05, 4.69) is 26.1 Å². The van der Waals surface area contributed by atoms with Crippen molar-refractivity contribution in [3.63, 3.8) is 0 Å². The van der Waals surface area contributed by atoms with Gasteiger partial charge in [0.15, 0.2) is 0 Å². The van der Waals surface area contributed by atoms with Crippen LogP contribution in [0.3, 0.4) is 0 Å². The van der Waals surface area contributed by atoms with Crippen LogP contribution in [0.4, 0.5) is 0 Å². The molecule has 2 N–H and O–H groups in total. The number of β-amino-alcohol motifs (C(OH)–C–C–N with tert-alkyl or cyclic N) is 1. The average Bonchev–Trinajstić information content (AvgIpc) is 3.10. The Morgan fingerprint density at radius 2 is 2.24 bits per heavy atom. The van der Waals surface area contributed by atoms with E-state index in [0.717, 1.165) is 43.2 Å². The molecule has 2 aliphatic rings. The monoisotopic (exact) mass is 355 g/mol. The predicted molar refractivity (Wildman–Crippen MR) is 84.2 cm³/mol. The van der Waals surface area contributed by atoms with Crippen LogP contribution >= 0.6 is 15.9 Å². The van der Waals surface area contributed by atoms with Crippen molar-refractivity contribution in [2.45, 2.75) is 43.9 Å². The van der Waals surface area contributed by atoms with Crippen LogP contribution in [0.25, 0.3) is 0 Å². The SMILES string of the molecule is Cn1cc(Br)cc1C(=O)N[C@@H]1CCC[C@@H]1N1CCC(O)C1. The largest absolute Gasteiger partial charge is 0.392 e. The number of carbonyl (C=O) groups is 1. The smallest absolute Gasteiger partial charge is 0.268 e. The fourth-order valence-corrected chi connectivity index (χ4v) is 4.13. The van der Waals surface area contributed by atoms with Gasteiger partial charge in [0.05, 0.1) is 6.10 Å². The number of carbonyl (C=O) groups excluding carboxylic acids is 1. The Hall–Kier alpha value is -0.850. The van der Waals surface area contributed by atoms with Gasteiger partial charge in [-0.1, -0.05) is 0 Å². The van der Waals surface area contributed by atoms with Crippen LogP contribution in [0.1, 0.15) is 36.2 Å². The van der Waals surface area contributed by atoms with Gasteiger partial charge in [-0.3, -0.25) is 9.69 Å². The molecule has 0 aromatic carbocycles. The van der Waals surface area contributed by atoms with Gasteiger partial charge < -0.3 is 15.0 Å². The second kappa shape index (κ2) is 6.10. The quantitative estimate of drug-likeness (QED) is 0.863. The first-order valence-electron chi connectivity index (χ1n) is 7.59. The number of aryl methyl sites for hydroxylation is 1. The van der Waals surface area contributed by atoms with Crippen LogP contribution < -0.4 is 5.32 Å². The van der Waals surface area contributed by atoms with E-state index in [1.165, 1.54) is 0 Å². The maximum Gasteiger partial charge on any atom is 0.268 e. The summed E-state index contributed by atoms with van der Waals surface area (Å²) >= 11 is 3.40. The van der Waals surface area contributed by atoms with Crippen molar-refractivity contribution in [2.75, 3.05) is 13.1 Å². The highest BCUT2D eigenvalue weighted by atomic mass is 79.9. The number of rotatable bonds is 3. The second-order valence-corrected chi connectivity index (χ2v) is 7.09. The van der Waals surface area contributed by atoms with E-state index in [0.29, 0.717) is 11.7 Å². The molecule has 0 bridgehead atoms. The summed E-state index contributed by atoms with van der Waals surface area (Å²) in [7, 11) is 1.88. The fraction of sp³-hybridized carbons (Fsp3) is 0.667. The van der Waals surface area contributed by atoms with E-state index in [1.54, 1.807) is 0 Å². The number of amides is 1. The van der Waals surface area contributed by atoms with Crippen molar-refractivity contribution in [1.29, 1.82) is 0 Å². The van der Waals surface area contributed by atoms with Crippen molar-refractivity contribution in [3.05, 3.63) is 22.4 Å². The van der Waals surface area contributed by atoms with Gasteiger partial charge in [-0.05, 0) is 47.7 Å². The summed E-state index contributed by atoms with van der Waals surface area (Å²) in [5.74, 6) is -0.0140. The number of hydrogen-bond donors (Lipinski definition) is 2. The third-order valence-corrected chi connectivity index (χ3v) is 5.10. The molecule has 1 aromatic heterocycles. The number of likely N-dealkylation sites (tertiary alicyclic amines) is 1. The minimum Gasteiger partial charge on any atom is -0.392 e. The molecule has 6 heteroatoms. The molecule has 5 nitrogen and oxygen atoms in total. The maximum atomic E-state index is 12.4. The summed E-state index contributed by atoms with van der Waals surface area (Å²) < 4.78 is 2.75. The summed E-state index contributed by atoms with van der Waals surface area (Å²) in [4.78, 5) is 14.8. The topological polar surface area (TPSA) is 57.5 Å². The zero-order valence-corrected chi connectivity index (χ0v) is 13.8. The van der Waals surface area contributed by atoms with Crippen LogP contribution in [0, 0.1) is 0 Å². The summed E-state index contributed by atoms with van der Waals surface area (Å²) in [6, 6.07) is 2.41. The minimum atomic E-state index is -0.203. The first-order chi connectivity index (χ1) is 10.0. The highest BCUT2D eigenvalue weighted by Crippen LogP contribution is 2.27. The lowest BCUT2D eigenvalue weighted by Crippen LogP contribution is -2.48. The molecule has 1 amide bonds. The van der Waals surface area contributed by atoms with Crippen molar-refractivity contribution < 1.29 is 9.90 Å². The van der Waals surface area contributed by atoms with E-state index in [1.807, 2.05) is 23.9 Å². The standard InChI is InChI=1S/C15H22BrN3O2/c1-18-8-10(16)7-14(18)15(21)17-12-3-2-4-13(12)19-6-5-11(20)9-19/h7-8,11-13,20H,2-6,9H2,1H3,(H,17,21)/t11?,12-,13+/m1/s1. The molecule has 1 aliphatic heterocycles. The Morgan fingerprint density at radius 1 is 1.43 bits per heavy atom. The van der Waals surface area contributed by atoms with E-state index in [-0.39, 0.29) is 18.1 Å². The van der Waals surface area contributed by atoms with Crippen LogP contribution in [0.5, 0.6) is 0 Å². The van der Waals surface area contributed by atoms with Crippen molar-refractivity contribution >= 4 is 21.8 Å². The molecule has 1 saturated heterocycles. The Labute approximate surface area is 133 Å². The lowest BCUT2D eigenvalue weighted by molar-refractivity contribution is 0.0897. The van der Waals surface area contributed by atoms with Gasteiger partial charge in [0.2, 0.25) is 0 Å². The predicted octanol–water partition coefficient (Wildman–Crippen LogP) is 1.51. The molecule has 3 atom stereocenters. The third kappa shape index (κ3) is 3.17. The van der Waals surface area contributed by atoms with Crippen LogP contribution in [-0.2, 0) is 7.05 Å². The van der Waals surface area contributed by atoms with E-state index in [4.69, 9.17) is 0 Å². The molecule has 116 valence electrons. The van der Waals surface area contributed by atoms with E-state index >= 15 is 0 Å². The molecule has 1 unspecified atom stereocenters. The van der Waals surface area contributed by atoms with Crippen LogP contribution in [-0.4, -0.2) is 51.8 Å². The first-order valence-corrected chi connectivity index (χ1v) is 8.39. The molecule has 2 fully saturated rings. The van der Waals surface area contributed by atoms with Gasteiger partial charge in [-0.2, -0.15) is 0 Å². The summed E-state index contributed by atoms with van der Waals surface area (Å²) in [6.07, 6.45) is 5.80. The number of nitrogens with one attached hydrogen (secondary N) is 1. The molecule has 1 saturated carbocycles. The number of halogens is 1. The lowest BCUT2D eigenvalue weighted by Gasteiger charge is -2.29. The van der Waals surface area contributed by atoms with Gasteiger partial charge in [0.25, 0.3) is 5.91 Å². The minimum absolute atomic E-state index is 0.0140. The number of hydrogen-bond acceptors (Lipinski definition) is 3. The molecule has 21 heavy (non-hydrogen) atoms. The van der Waals surface area contributed by atoms with Gasteiger partial charge in [-0.15, -0.1) is 0 Å². The summed E-state index contributed by atoms with van der Waals surface area (Å²) in [5.41, 5.74) is 0.675. The highest BCUT2D eigenvalue weighted by Gasteiger charge is 2.36. The molecular weight excluding hydrogens is 334 g/mol. The average molecular weight is 356 g/mol. The highest BCUT2D eigenvalue weighted by molar-refractivity contribution is 9.10. The molecule has 0 spiro atoms. The van der Waals surface area contributed by atoms with Crippen molar-refractivity contribution in [2.24, 2.45) is 7.05 Å². The van der Waals surface area contributed by atoms with Gasteiger partial charge in [0.1, 0.15) is 5.69 Å². The van der Waals surface area contributed by atoms with Crippen molar-refractivity contribution in [3.8, 4) is 0 Å². The second-order valence-electron chi connectivity index (χ2n) is 6.17. The number of nitrogens with zero attached hydrogens (tertiary/aromatic N) is 2. The third-order valence-electron chi connectivity index (χ3n) is 4.66. The molecule has 2 heterocycles. The first kappa shape index (κ1) is 15.1. The number of aliphatic hydroxyl groups is 1. The zero-order chi connectivity index (χ0) is 15.0. The number of aliphatic hydroxyl groups excluding tert-OH is 1. The van der Waals surface area contributed by atoms with Gasteiger partial charge in [0, 0.05) is 42.9 Å². The number of aromatic nitrogens is 1. The zero-order valence-electron chi connectivity index (χ0n) is 12.3. The molecule has 1 aromatic rings. The molecule has 3 rings (SSSR count). The fourth-order valence-electron chi connectivity index (χ4n) is 3.61. The summed E-state index contributed by atoms with van der Waals surface area (Å²) in [6.45, 7) is 1.68. The normalized spacial score (nSPS) is 30.0. The van der Waals surface area contributed by atoms with E-state index < -0.39 is 0 Å². The maximum absolute atomic E-state index is 12.4. The van der Waals surface area contributed by atoms with Crippen molar-refractivity contribution in [1.82, 2.24) is 14.8 Å². The molecule has 1 aliphatic carbocycles. The lowest BCUT2D eigenvalue weighted by atomic mass is 10.1. The van der Waals surface area contributed by atoms with Gasteiger partial charge >= 0.3 is 0 Å².